The Morgan fingerprint density at radius 1 is 1.38 bits per heavy atom. The third-order valence-electron chi connectivity index (χ3n) is 3.55. The fourth-order valence-corrected chi connectivity index (χ4v) is 3.53. The normalized spacial score (nSPS) is 17.9. The number of thiophene rings is 1. The quantitative estimate of drug-likeness (QED) is 0.746. The van der Waals surface area contributed by atoms with Crippen LogP contribution in [0, 0.1) is 0 Å². The first kappa shape index (κ1) is 12.2. The summed E-state index contributed by atoms with van der Waals surface area (Å²) < 4.78 is 1.30. The van der Waals surface area contributed by atoms with E-state index in [4.69, 9.17) is 0 Å². The number of anilines is 1. The minimum Gasteiger partial charge on any atom is -0.479 e. The number of carboxylic acids is 1. The molecule has 1 N–H and O–H groups in total. The van der Waals surface area contributed by atoms with Gasteiger partial charge in [-0.15, -0.1) is 26.2 Å². The van der Waals surface area contributed by atoms with E-state index in [9.17, 15) is 9.90 Å². The smallest absolute Gasteiger partial charge is 0.331 e. The van der Waals surface area contributed by atoms with Crippen LogP contribution in [0.1, 0.15) is 16.5 Å². The first-order valence-electron chi connectivity index (χ1n) is 6.35. The Balaban J connectivity index is 1.81. The van der Waals surface area contributed by atoms with Crippen LogP contribution in [-0.4, -0.2) is 42.9 Å². The second-order valence-corrected chi connectivity index (χ2v) is 5.70. The van der Waals surface area contributed by atoms with Crippen LogP contribution >= 0.6 is 11.3 Å². The summed E-state index contributed by atoms with van der Waals surface area (Å²) in [6.45, 7) is 0.602. The van der Waals surface area contributed by atoms with Gasteiger partial charge in [0.25, 0.3) is 0 Å². The summed E-state index contributed by atoms with van der Waals surface area (Å²) >= 11 is 1.60. The average Bonchev–Trinajstić information content (AvgIpc) is 3.13. The summed E-state index contributed by atoms with van der Waals surface area (Å²) in [7, 11) is 0. The van der Waals surface area contributed by atoms with Crippen LogP contribution in [-0.2, 0) is 11.2 Å². The maximum absolute atomic E-state index is 11.7. The summed E-state index contributed by atoms with van der Waals surface area (Å²) in [5.74, 6) is -0.327. The van der Waals surface area contributed by atoms with E-state index in [2.05, 4.69) is 20.6 Å². The SMILES string of the molecule is O=C(O)C1c2ccsc2CCN1c1ccc2nnnn2n1. The van der Waals surface area contributed by atoms with Gasteiger partial charge < -0.3 is 10.0 Å². The topological polar surface area (TPSA) is 96.5 Å². The predicted octanol–water partition coefficient (Wildman–Crippen LogP) is 0.769. The Bertz CT molecular complexity index is 828. The lowest BCUT2D eigenvalue weighted by molar-refractivity contribution is -0.138. The molecule has 3 aromatic heterocycles. The lowest BCUT2D eigenvalue weighted by Crippen LogP contribution is -2.39. The Kier molecular flexibility index (Phi) is 2.61. The third-order valence-corrected chi connectivity index (χ3v) is 4.55. The van der Waals surface area contributed by atoms with Crippen molar-refractivity contribution in [1.29, 1.82) is 0 Å². The zero-order valence-corrected chi connectivity index (χ0v) is 11.6. The molecule has 0 amide bonds. The van der Waals surface area contributed by atoms with E-state index in [0.717, 1.165) is 16.9 Å². The highest BCUT2D eigenvalue weighted by Gasteiger charge is 2.34. The van der Waals surface area contributed by atoms with Crippen molar-refractivity contribution in [2.45, 2.75) is 12.5 Å². The molecule has 0 saturated carbocycles. The number of carbonyl (C=O) groups is 1. The number of hydrogen-bond acceptors (Lipinski definition) is 7. The molecule has 21 heavy (non-hydrogen) atoms. The molecule has 0 radical (unpaired) electrons. The Morgan fingerprint density at radius 3 is 3.14 bits per heavy atom. The summed E-state index contributed by atoms with van der Waals surface area (Å²) in [5.41, 5.74) is 1.37. The van der Waals surface area contributed by atoms with Crippen molar-refractivity contribution >= 4 is 28.8 Å². The molecule has 106 valence electrons. The van der Waals surface area contributed by atoms with Crippen molar-refractivity contribution in [3.8, 4) is 0 Å². The minimum absolute atomic E-state index is 0.527. The number of rotatable bonds is 2. The first-order chi connectivity index (χ1) is 10.2. The van der Waals surface area contributed by atoms with Gasteiger partial charge in [-0.25, -0.2) is 4.79 Å². The van der Waals surface area contributed by atoms with Crippen LogP contribution in [0.3, 0.4) is 0 Å². The maximum Gasteiger partial charge on any atom is 0.331 e. The van der Waals surface area contributed by atoms with Crippen molar-refractivity contribution in [3.05, 3.63) is 34.0 Å². The zero-order valence-electron chi connectivity index (χ0n) is 10.7. The van der Waals surface area contributed by atoms with Gasteiger partial charge in [0, 0.05) is 11.4 Å². The van der Waals surface area contributed by atoms with Crippen molar-refractivity contribution in [1.82, 2.24) is 25.3 Å². The monoisotopic (exact) mass is 302 g/mol. The second-order valence-electron chi connectivity index (χ2n) is 4.70. The highest BCUT2D eigenvalue weighted by atomic mass is 32.1. The van der Waals surface area contributed by atoms with Gasteiger partial charge in [-0.1, -0.05) is 0 Å². The maximum atomic E-state index is 11.7. The van der Waals surface area contributed by atoms with Crippen LogP contribution in [0.15, 0.2) is 23.6 Å². The van der Waals surface area contributed by atoms with Crippen LogP contribution in [0.25, 0.3) is 5.65 Å². The van der Waals surface area contributed by atoms with Crippen molar-refractivity contribution in [3.63, 3.8) is 0 Å². The van der Waals surface area contributed by atoms with E-state index in [0.29, 0.717) is 18.0 Å². The van der Waals surface area contributed by atoms with Crippen LogP contribution in [0.2, 0.25) is 0 Å². The molecule has 0 spiro atoms. The van der Waals surface area contributed by atoms with Gasteiger partial charge in [0.05, 0.1) is 0 Å². The average molecular weight is 302 g/mol. The number of tetrazole rings is 1. The number of carboxylic acid groups (broad SMARTS) is 1. The Hall–Kier alpha value is -2.55. The van der Waals surface area contributed by atoms with Gasteiger partial charge in [-0.2, -0.15) is 0 Å². The van der Waals surface area contributed by atoms with E-state index in [1.807, 2.05) is 11.4 Å². The molecule has 0 fully saturated rings. The standard InChI is InChI=1S/C12H10N6O2S/c19-12(20)11-7-4-6-21-8(7)3-5-17(11)10-2-1-9-13-15-16-18(9)14-10/h1-2,4,6,11H,3,5H2,(H,19,20). The molecule has 1 unspecified atom stereocenters. The van der Waals surface area contributed by atoms with Gasteiger partial charge >= 0.3 is 5.97 Å². The summed E-state index contributed by atoms with van der Waals surface area (Å²) in [6.07, 6.45) is 0.812. The minimum atomic E-state index is -0.882. The lowest BCUT2D eigenvalue weighted by atomic mass is 10.00. The number of nitrogens with zero attached hydrogens (tertiary/aromatic N) is 6. The molecule has 0 aromatic carbocycles. The molecule has 0 aliphatic carbocycles. The molecule has 4 rings (SSSR count). The molecular formula is C12H10N6O2S. The molecule has 4 heterocycles. The van der Waals surface area contributed by atoms with Crippen LogP contribution in [0.5, 0.6) is 0 Å². The summed E-state index contributed by atoms with van der Waals surface area (Å²) in [5, 5.41) is 26.9. The predicted molar refractivity (Wildman–Crippen MR) is 74.3 cm³/mol. The van der Waals surface area contributed by atoms with E-state index in [1.54, 1.807) is 28.4 Å². The Labute approximate surface area is 122 Å². The van der Waals surface area contributed by atoms with E-state index >= 15 is 0 Å². The number of fused-ring (bicyclic) bond motifs is 2. The number of hydrogen-bond donors (Lipinski definition) is 1. The second kappa shape index (κ2) is 4.48. The summed E-state index contributed by atoms with van der Waals surface area (Å²) in [6, 6.07) is 4.63. The molecule has 9 heteroatoms. The lowest BCUT2D eigenvalue weighted by Gasteiger charge is -2.33. The zero-order chi connectivity index (χ0) is 14.4. The van der Waals surface area contributed by atoms with Gasteiger partial charge in [0.1, 0.15) is 0 Å². The molecule has 1 aliphatic heterocycles. The van der Waals surface area contributed by atoms with Crippen LogP contribution in [0.4, 0.5) is 5.82 Å². The molecule has 0 bridgehead atoms. The van der Waals surface area contributed by atoms with Crippen molar-refractivity contribution in [2.75, 3.05) is 11.4 Å². The number of aromatic nitrogens is 5. The highest BCUT2D eigenvalue weighted by Crippen LogP contribution is 2.35. The molecule has 1 atom stereocenters. The third kappa shape index (κ3) is 1.85. The number of aliphatic carboxylic acids is 1. The van der Waals surface area contributed by atoms with E-state index < -0.39 is 12.0 Å². The summed E-state index contributed by atoms with van der Waals surface area (Å²) in [4.78, 5) is 14.6. The van der Waals surface area contributed by atoms with Gasteiger partial charge in [-0.05, 0) is 46.0 Å². The van der Waals surface area contributed by atoms with Gasteiger partial charge in [0.15, 0.2) is 17.5 Å². The van der Waals surface area contributed by atoms with Gasteiger partial charge in [-0.3, -0.25) is 0 Å². The highest BCUT2D eigenvalue weighted by molar-refractivity contribution is 7.10. The molecule has 3 aromatic rings. The first-order valence-corrected chi connectivity index (χ1v) is 7.23. The molecule has 0 saturated heterocycles. The van der Waals surface area contributed by atoms with E-state index in [-0.39, 0.29) is 0 Å². The largest absolute Gasteiger partial charge is 0.479 e. The van der Waals surface area contributed by atoms with Crippen molar-refractivity contribution < 1.29 is 9.90 Å². The molecule has 1 aliphatic rings. The Morgan fingerprint density at radius 2 is 2.29 bits per heavy atom. The molecular weight excluding hydrogens is 292 g/mol. The molecule has 8 nitrogen and oxygen atoms in total. The van der Waals surface area contributed by atoms with Crippen molar-refractivity contribution in [2.24, 2.45) is 0 Å². The van der Waals surface area contributed by atoms with E-state index in [1.165, 1.54) is 4.63 Å². The van der Waals surface area contributed by atoms with Crippen LogP contribution < -0.4 is 4.90 Å². The fraction of sp³-hybridized carbons (Fsp3) is 0.250. The fourth-order valence-electron chi connectivity index (χ4n) is 2.62. The van der Waals surface area contributed by atoms with Gasteiger partial charge in [0.2, 0.25) is 0 Å².